The van der Waals surface area contributed by atoms with Crippen molar-refractivity contribution in [2.24, 2.45) is 0 Å². The van der Waals surface area contributed by atoms with Crippen LogP contribution in [-0.2, 0) is 9.47 Å². The molecule has 0 bridgehead atoms. The number of rotatable bonds is 7. The van der Waals surface area contributed by atoms with Gasteiger partial charge in [-0.05, 0) is 54.4 Å². The van der Waals surface area contributed by atoms with Crippen LogP contribution in [0.3, 0.4) is 0 Å². The smallest absolute Gasteiger partial charge is 0.0829 e. The molecule has 1 saturated carbocycles. The third-order valence-electron chi connectivity index (χ3n) is 4.98. The molecule has 1 aliphatic heterocycles. The summed E-state index contributed by atoms with van der Waals surface area (Å²) in [5.74, 6) is 0. The van der Waals surface area contributed by atoms with Crippen molar-refractivity contribution in [3.05, 3.63) is 0 Å². The van der Waals surface area contributed by atoms with Crippen LogP contribution in [0, 0.1) is 0 Å². The van der Waals surface area contributed by atoms with Crippen LogP contribution in [-0.4, -0.2) is 72.5 Å². The Morgan fingerprint density at radius 3 is 2.36 bits per heavy atom. The van der Waals surface area contributed by atoms with Gasteiger partial charge in [0.1, 0.15) is 0 Å². The number of hydrogen-bond donors (Lipinski definition) is 0. The molecule has 2 aliphatic rings. The summed E-state index contributed by atoms with van der Waals surface area (Å²) < 4.78 is 12.0. The Hall–Kier alpha value is -0.160. The van der Waals surface area contributed by atoms with Gasteiger partial charge in [0.05, 0.1) is 24.9 Å². The summed E-state index contributed by atoms with van der Waals surface area (Å²) >= 11 is 0. The van der Waals surface area contributed by atoms with Gasteiger partial charge in [-0.1, -0.05) is 0 Å². The fraction of sp³-hybridized carbons (Fsp3) is 1.00. The molecule has 2 rings (SSSR count). The van der Waals surface area contributed by atoms with Crippen LogP contribution >= 0.6 is 0 Å². The highest BCUT2D eigenvalue weighted by atomic mass is 16.5. The molecule has 1 atom stereocenters. The molecule has 0 aromatic heterocycles. The molecule has 0 radical (unpaired) electrons. The lowest BCUT2D eigenvalue weighted by molar-refractivity contribution is -0.104. The van der Waals surface area contributed by atoms with Gasteiger partial charge >= 0.3 is 0 Å². The summed E-state index contributed by atoms with van der Waals surface area (Å²) in [6.07, 6.45) is 3.52. The summed E-state index contributed by atoms with van der Waals surface area (Å²) in [5.41, 5.74) is 0. The number of hydrogen-bond acceptors (Lipinski definition) is 4. The average molecular weight is 312 g/mol. The molecule has 22 heavy (non-hydrogen) atoms. The van der Waals surface area contributed by atoms with Crippen molar-refractivity contribution in [2.45, 2.75) is 90.8 Å². The molecule has 4 heteroatoms. The van der Waals surface area contributed by atoms with E-state index in [-0.39, 0.29) is 0 Å². The summed E-state index contributed by atoms with van der Waals surface area (Å²) in [6.45, 7) is 17.5. The maximum atomic E-state index is 6.03. The van der Waals surface area contributed by atoms with E-state index in [0.29, 0.717) is 36.4 Å². The van der Waals surface area contributed by atoms with Crippen LogP contribution in [0.5, 0.6) is 0 Å². The van der Waals surface area contributed by atoms with E-state index in [1.54, 1.807) is 0 Å². The molecule has 1 heterocycles. The first kappa shape index (κ1) is 18.2. The first-order chi connectivity index (χ1) is 10.4. The largest absolute Gasteiger partial charge is 0.375 e. The summed E-state index contributed by atoms with van der Waals surface area (Å²) in [7, 11) is 0. The number of morpholine rings is 1. The van der Waals surface area contributed by atoms with Crippen molar-refractivity contribution in [3.63, 3.8) is 0 Å². The molecular formula is C18H36N2O2. The summed E-state index contributed by atoms with van der Waals surface area (Å²) in [4.78, 5) is 5.17. The molecule has 0 N–H and O–H groups in total. The lowest BCUT2D eigenvalue weighted by atomic mass is 9.86. The van der Waals surface area contributed by atoms with Gasteiger partial charge in [0.15, 0.2) is 0 Å². The van der Waals surface area contributed by atoms with Crippen LogP contribution in [0.4, 0.5) is 0 Å². The maximum absolute atomic E-state index is 6.03. The van der Waals surface area contributed by atoms with Gasteiger partial charge in [-0.25, -0.2) is 0 Å². The molecule has 2 fully saturated rings. The lowest BCUT2D eigenvalue weighted by Gasteiger charge is -2.47. The predicted octanol–water partition coefficient (Wildman–Crippen LogP) is 2.76. The van der Waals surface area contributed by atoms with E-state index in [0.717, 1.165) is 26.2 Å². The zero-order valence-corrected chi connectivity index (χ0v) is 15.4. The van der Waals surface area contributed by atoms with Crippen LogP contribution in [0.2, 0.25) is 0 Å². The van der Waals surface area contributed by atoms with Crippen LogP contribution in [0.25, 0.3) is 0 Å². The van der Waals surface area contributed by atoms with Crippen molar-refractivity contribution < 1.29 is 9.47 Å². The van der Waals surface area contributed by atoms with Crippen molar-refractivity contribution in [3.8, 4) is 0 Å². The highest BCUT2D eigenvalue weighted by Gasteiger charge is 2.37. The monoisotopic (exact) mass is 312 g/mol. The highest BCUT2D eigenvalue weighted by Crippen LogP contribution is 2.31. The van der Waals surface area contributed by atoms with Crippen LogP contribution < -0.4 is 0 Å². The molecule has 1 saturated heterocycles. The summed E-state index contributed by atoms with van der Waals surface area (Å²) in [5, 5.41) is 0. The topological polar surface area (TPSA) is 24.9 Å². The minimum Gasteiger partial charge on any atom is -0.375 e. The number of ether oxygens (including phenoxy) is 2. The molecule has 1 aliphatic carbocycles. The van der Waals surface area contributed by atoms with Gasteiger partial charge in [-0.15, -0.1) is 0 Å². The van der Waals surface area contributed by atoms with E-state index in [1.807, 2.05) is 0 Å². The fourth-order valence-electron chi connectivity index (χ4n) is 3.64. The second kappa shape index (κ2) is 8.09. The van der Waals surface area contributed by atoms with Gasteiger partial charge < -0.3 is 9.47 Å². The molecular weight excluding hydrogens is 276 g/mol. The second-order valence-electron chi connectivity index (χ2n) is 7.80. The van der Waals surface area contributed by atoms with Crippen molar-refractivity contribution >= 4 is 0 Å². The van der Waals surface area contributed by atoms with Gasteiger partial charge in [-0.3, -0.25) is 9.80 Å². The highest BCUT2D eigenvalue weighted by molar-refractivity contribution is 4.91. The van der Waals surface area contributed by atoms with Crippen molar-refractivity contribution in [1.82, 2.24) is 9.80 Å². The Balaban J connectivity index is 1.82. The van der Waals surface area contributed by atoms with Gasteiger partial charge in [-0.2, -0.15) is 0 Å². The fourth-order valence-corrected chi connectivity index (χ4v) is 3.64. The van der Waals surface area contributed by atoms with E-state index in [4.69, 9.17) is 9.47 Å². The Morgan fingerprint density at radius 1 is 1.14 bits per heavy atom. The van der Waals surface area contributed by atoms with Crippen LogP contribution in [0.1, 0.15) is 54.4 Å². The Morgan fingerprint density at radius 2 is 1.82 bits per heavy atom. The SMILES string of the molecule is CC(C)O[C@H]1C[C@H](N(C[C@@H]2CN(C(C)C)CCO2)C(C)C)C1. The second-order valence-corrected chi connectivity index (χ2v) is 7.80. The molecule has 0 aromatic carbocycles. The molecule has 0 amide bonds. The number of nitrogens with zero attached hydrogens (tertiary/aromatic N) is 2. The summed E-state index contributed by atoms with van der Waals surface area (Å²) in [6, 6.07) is 1.86. The van der Waals surface area contributed by atoms with Crippen LogP contribution in [0.15, 0.2) is 0 Å². The van der Waals surface area contributed by atoms with Gasteiger partial charge in [0.2, 0.25) is 0 Å². The molecule has 0 aromatic rings. The molecule has 0 unspecified atom stereocenters. The maximum Gasteiger partial charge on any atom is 0.0829 e. The van der Waals surface area contributed by atoms with Gasteiger partial charge in [0.25, 0.3) is 0 Å². The zero-order valence-electron chi connectivity index (χ0n) is 15.4. The molecule has 4 nitrogen and oxygen atoms in total. The molecule has 0 spiro atoms. The Kier molecular flexibility index (Phi) is 6.69. The quantitative estimate of drug-likeness (QED) is 0.722. The predicted molar refractivity (Wildman–Crippen MR) is 91.3 cm³/mol. The standard InChI is InChI=1S/C18H36N2O2/c1-13(2)19-7-8-21-18(11-19)12-20(14(3)4)16-9-17(10-16)22-15(5)6/h13-18H,7-12H2,1-6H3/t16-,17-,18-/m0/s1. The van der Waals surface area contributed by atoms with E-state index in [2.05, 4.69) is 51.3 Å². The minimum absolute atomic E-state index is 0.347. The van der Waals surface area contributed by atoms with E-state index < -0.39 is 0 Å². The minimum atomic E-state index is 0.347. The third kappa shape index (κ3) is 4.92. The normalized spacial score (nSPS) is 30.5. The lowest BCUT2D eigenvalue weighted by Crippen LogP contribution is -2.56. The molecule has 130 valence electrons. The Bertz CT molecular complexity index is 327. The third-order valence-corrected chi connectivity index (χ3v) is 4.98. The van der Waals surface area contributed by atoms with E-state index in [9.17, 15) is 0 Å². The average Bonchev–Trinajstić information content (AvgIpc) is 2.40. The first-order valence-corrected chi connectivity index (χ1v) is 9.13. The van der Waals surface area contributed by atoms with E-state index >= 15 is 0 Å². The Labute approximate surface area is 137 Å². The zero-order chi connectivity index (χ0) is 16.3. The first-order valence-electron chi connectivity index (χ1n) is 9.13. The van der Waals surface area contributed by atoms with Crippen molar-refractivity contribution in [1.29, 1.82) is 0 Å². The van der Waals surface area contributed by atoms with Crippen molar-refractivity contribution in [2.75, 3.05) is 26.2 Å². The van der Waals surface area contributed by atoms with E-state index in [1.165, 1.54) is 12.8 Å². The van der Waals surface area contributed by atoms with Gasteiger partial charge in [0, 0.05) is 37.8 Å².